The Kier molecular flexibility index (Phi) is 6.43. The van der Waals surface area contributed by atoms with E-state index in [0.717, 1.165) is 11.1 Å². The largest absolute Gasteiger partial charge is 0.493 e. The summed E-state index contributed by atoms with van der Waals surface area (Å²) in [5.74, 6) is 1.13. The van der Waals surface area contributed by atoms with Crippen molar-refractivity contribution in [2.75, 3.05) is 33.5 Å². The summed E-state index contributed by atoms with van der Waals surface area (Å²) in [4.78, 5) is 11.4. The minimum absolute atomic E-state index is 0.249. The third-order valence-electron chi connectivity index (χ3n) is 3.99. The molecule has 0 unspecified atom stereocenters. The van der Waals surface area contributed by atoms with Gasteiger partial charge in [-0.2, -0.15) is 0 Å². The maximum absolute atomic E-state index is 11.4. The molecular weight excluding hydrogens is 332 g/mol. The van der Waals surface area contributed by atoms with Gasteiger partial charge in [-0.25, -0.2) is 4.79 Å². The number of anilines is 1. The van der Waals surface area contributed by atoms with Gasteiger partial charge in [-0.1, -0.05) is 12.1 Å². The maximum atomic E-state index is 11.4. The normalized spacial score (nSPS) is 10.1. The van der Waals surface area contributed by atoms with Crippen molar-refractivity contribution >= 4 is 17.4 Å². The van der Waals surface area contributed by atoms with Gasteiger partial charge in [0.2, 0.25) is 0 Å². The van der Waals surface area contributed by atoms with Gasteiger partial charge in [-0.15, -0.1) is 0 Å². The first kappa shape index (κ1) is 19.1. The number of hydrogen-bond donors (Lipinski definition) is 4. The van der Waals surface area contributed by atoms with Crippen molar-refractivity contribution in [3.05, 3.63) is 53.1 Å². The third-order valence-corrected chi connectivity index (χ3v) is 3.99. The number of methoxy groups -OCH3 is 2. The van der Waals surface area contributed by atoms with Crippen LogP contribution in [0.3, 0.4) is 0 Å². The summed E-state index contributed by atoms with van der Waals surface area (Å²) in [6.07, 6.45) is 0.542. The van der Waals surface area contributed by atoms with Crippen LogP contribution < -0.4 is 25.8 Å². The van der Waals surface area contributed by atoms with E-state index in [9.17, 15) is 4.79 Å². The molecule has 2 rings (SSSR count). The quantitative estimate of drug-likeness (QED) is 0.450. The number of nitrogens with two attached hydrogens (primary N) is 1. The summed E-state index contributed by atoms with van der Waals surface area (Å²) in [5, 5.41) is 13.9. The number of nitrogen functional groups attached to an aromatic ring is 1. The Balaban J connectivity index is 2.38. The lowest BCUT2D eigenvalue weighted by molar-refractivity contribution is 0.243. The predicted molar refractivity (Wildman–Crippen MR) is 102 cm³/mol. The van der Waals surface area contributed by atoms with Gasteiger partial charge in [0.25, 0.3) is 0 Å². The second-order valence-corrected chi connectivity index (χ2v) is 5.62. The Morgan fingerprint density at radius 2 is 1.73 bits per heavy atom. The SMILES string of the molecule is CNC(=O)NCCc1cc(OC)c(OC)cc1C(=N)c1ccc(N)cc1. The van der Waals surface area contributed by atoms with Gasteiger partial charge < -0.3 is 25.8 Å². The molecule has 0 bridgehead atoms. The van der Waals surface area contributed by atoms with Gasteiger partial charge in [0.05, 0.1) is 19.9 Å². The van der Waals surface area contributed by atoms with Crippen molar-refractivity contribution in [2.45, 2.75) is 6.42 Å². The second-order valence-electron chi connectivity index (χ2n) is 5.62. The first-order valence-electron chi connectivity index (χ1n) is 8.15. The summed E-state index contributed by atoms with van der Waals surface area (Å²) in [5.41, 5.74) is 9.06. The summed E-state index contributed by atoms with van der Waals surface area (Å²) in [7, 11) is 4.69. The maximum Gasteiger partial charge on any atom is 0.314 e. The van der Waals surface area contributed by atoms with Crippen LogP contribution in [0.2, 0.25) is 0 Å². The topological polar surface area (TPSA) is 109 Å². The van der Waals surface area contributed by atoms with Gasteiger partial charge >= 0.3 is 6.03 Å². The fourth-order valence-corrected chi connectivity index (χ4v) is 2.57. The van der Waals surface area contributed by atoms with Crippen molar-refractivity contribution in [3.8, 4) is 11.5 Å². The van der Waals surface area contributed by atoms with Crippen LogP contribution in [0.25, 0.3) is 0 Å². The molecule has 0 heterocycles. The Bertz CT molecular complexity index is 788. The molecule has 7 heteroatoms. The monoisotopic (exact) mass is 356 g/mol. The minimum atomic E-state index is -0.249. The van der Waals surface area contributed by atoms with Crippen molar-refractivity contribution < 1.29 is 14.3 Å². The van der Waals surface area contributed by atoms with Gasteiger partial charge in [0.1, 0.15) is 0 Å². The summed E-state index contributed by atoms with van der Waals surface area (Å²) < 4.78 is 10.7. The molecule has 0 fully saturated rings. The first-order valence-corrected chi connectivity index (χ1v) is 8.15. The molecule has 0 aliphatic heterocycles. The average molecular weight is 356 g/mol. The highest BCUT2D eigenvalue weighted by molar-refractivity contribution is 6.12. The fraction of sp³-hybridized carbons (Fsp3) is 0.263. The molecule has 2 amide bonds. The number of carbonyl (C=O) groups is 1. The molecule has 0 spiro atoms. The predicted octanol–water partition coefficient (Wildman–Crippen LogP) is 2.17. The Hall–Kier alpha value is -3.22. The Morgan fingerprint density at radius 1 is 1.12 bits per heavy atom. The molecule has 0 aliphatic carbocycles. The molecule has 138 valence electrons. The number of benzene rings is 2. The molecule has 0 saturated heterocycles. The van der Waals surface area contributed by atoms with Crippen LogP contribution in [0.1, 0.15) is 16.7 Å². The zero-order valence-electron chi connectivity index (χ0n) is 15.2. The molecular formula is C19H24N4O3. The lowest BCUT2D eigenvalue weighted by atomic mass is 9.95. The van der Waals surface area contributed by atoms with E-state index in [1.807, 2.05) is 6.07 Å². The van der Waals surface area contributed by atoms with Crippen molar-refractivity contribution in [1.82, 2.24) is 10.6 Å². The van der Waals surface area contributed by atoms with Crippen molar-refractivity contribution in [3.63, 3.8) is 0 Å². The van der Waals surface area contributed by atoms with E-state index in [-0.39, 0.29) is 6.03 Å². The van der Waals surface area contributed by atoms with Crippen molar-refractivity contribution in [2.24, 2.45) is 0 Å². The number of urea groups is 1. The average Bonchev–Trinajstić information content (AvgIpc) is 2.67. The molecule has 0 radical (unpaired) electrons. The zero-order valence-corrected chi connectivity index (χ0v) is 15.2. The standard InChI is InChI=1S/C19H24N4O3/c1-22-19(24)23-9-8-13-10-16(25-2)17(26-3)11-15(13)18(21)12-4-6-14(20)7-5-12/h4-7,10-11,21H,8-9,20H2,1-3H3,(H2,22,23,24). The highest BCUT2D eigenvalue weighted by Crippen LogP contribution is 2.32. The van der Waals surface area contributed by atoms with E-state index in [1.54, 1.807) is 51.6 Å². The van der Waals surface area contributed by atoms with Gasteiger partial charge in [-0.3, -0.25) is 5.41 Å². The molecule has 26 heavy (non-hydrogen) atoms. The highest BCUT2D eigenvalue weighted by Gasteiger charge is 2.16. The van der Waals surface area contributed by atoms with Crippen LogP contribution >= 0.6 is 0 Å². The molecule has 0 aliphatic rings. The molecule has 0 saturated carbocycles. The van der Waals surface area contributed by atoms with Gasteiger partial charge in [0, 0.05) is 30.4 Å². The molecule has 0 atom stereocenters. The zero-order chi connectivity index (χ0) is 19.1. The van der Waals surface area contributed by atoms with Crippen molar-refractivity contribution in [1.29, 1.82) is 5.41 Å². The highest BCUT2D eigenvalue weighted by atomic mass is 16.5. The van der Waals surface area contributed by atoms with Crippen LogP contribution in [-0.4, -0.2) is 39.6 Å². The van der Waals surface area contributed by atoms with E-state index < -0.39 is 0 Å². The summed E-state index contributed by atoms with van der Waals surface area (Å²) in [6.45, 7) is 0.428. The number of carbonyl (C=O) groups excluding carboxylic acids is 1. The van der Waals surface area contributed by atoms with E-state index in [0.29, 0.717) is 41.4 Å². The Morgan fingerprint density at radius 3 is 2.31 bits per heavy atom. The fourth-order valence-electron chi connectivity index (χ4n) is 2.57. The van der Waals surface area contributed by atoms with Crippen LogP contribution in [0.4, 0.5) is 10.5 Å². The number of nitrogens with one attached hydrogen (secondary N) is 3. The van der Waals surface area contributed by atoms with E-state index in [4.69, 9.17) is 20.6 Å². The van der Waals surface area contributed by atoms with Crippen LogP contribution in [-0.2, 0) is 6.42 Å². The van der Waals surface area contributed by atoms with E-state index >= 15 is 0 Å². The van der Waals surface area contributed by atoms with Gasteiger partial charge in [0.15, 0.2) is 11.5 Å². The molecule has 5 N–H and O–H groups in total. The van der Waals surface area contributed by atoms with Crippen LogP contribution in [0, 0.1) is 5.41 Å². The number of rotatable bonds is 7. The molecule has 7 nitrogen and oxygen atoms in total. The minimum Gasteiger partial charge on any atom is -0.493 e. The molecule has 2 aromatic carbocycles. The number of ether oxygens (including phenoxy) is 2. The third kappa shape index (κ3) is 4.44. The van der Waals surface area contributed by atoms with E-state index in [2.05, 4.69) is 10.6 Å². The van der Waals surface area contributed by atoms with Gasteiger partial charge in [-0.05, 0) is 36.2 Å². The van der Waals surface area contributed by atoms with Crippen LogP contribution in [0.15, 0.2) is 36.4 Å². The number of amides is 2. The summed E-state index contributed by atoms with van der Waals surface area (Å²) >= 11 is 0. The lowest BCUT2D eigenvalue weighted by Gasteiger charge is -2.16. The van der Waals surface area contributed by atoms with Crippen LogP contribution in [0.5, 0.6) is 11.5 Å². The molecule has 0 aromatic heterocycles. The first-order chi connectivity index (χ1) is 12.5. The summed E-state index contributed by atoms with van der Waals surface area (Å²) in [6, 6.07) is 10.5. The second kappa shape index (κ2) is 8.75. The smallest absolute Gasteiger partial charge is 0.314 e. The lowest BCUT2D eigenvalue weighted by Crippen LogP contribution is -2.34. The van der Waals surface area contributed by atoms with E-state index in [1.165, 1.54) is 0 Å². The molecule has 2 aromatic rings. The Labute approximate surface area is 153 Å². The number of hydrogen-bond acceptors (Lipinski definition) is 5.